The van der Waals surface area contributed by atoms with Crippen LogP contribution >= 0.6 is 11.8 Å². The van der Waals surface area contributed by atoms with E-state index in [1.165, 1.54) is 11.8 Å². The van der Waals surface area contributed by atoms with Crippen LogP contribution in [-0.4, -0.2) is 4.98 Å². The van der Waals surface area contributed by atoms with Gasteiger partial charge in [0.1, 0.15) is 5.58 Å². The van der Waals surface area contributed by atoms with Crippen LogP contribution in [0.5, 0.6) is 0 Å². The van der Waals surface area contributed by atoms with Crippen LogP contribution in [0.3, 0.4) is 0 Å². The Kier molecular flexibility index (Phi) is 2.82. The zero-order valence-electron chi connectivity index (χ0n) is 11.0. The molecule has 2 aromatic heterocycles. The van der Waals surface area contributed by atoms with Crippen LogP contribution in [0.2, 0.25) is 0 Å². The molecule has 0 unspecified atom stereocenters. The quantitative estimate of drug-likeness (QED) is 0.556. The van der Waals surface area contributed by atoms with Gasteiger partial charge < -0.3 is 9.40 Å². The van der Waals surface area contributed by atoms with Crippen molar-refractivity contribution in [1.82, 2.24) is 4.98 Å². The van der Waals surface area contributed by atoms with E-state index in [4.69, 9.17) is 4.42 Å². The number of hydrogen-bond donors (Lipinski definition) is 1. The largest absolute Gasteiger partial charge is 0.422 e. The van der Waals surface area contributed by atoms with Gasteiger partial charge in [-0.1, -0.05) is 48.2 Å². The number of rotatable bonds is 2. The topological polar surface area (TPSA) is 46.0 Å². The van der Waals surface area contributed by atoms with Gasteiger partial charge >= 0.3 is 5.63 Å². The molecule has 0 saturated heterocycles. The third kappa shape index (κ3) is 2.23. The summed E-state index contributed by atoms with van der Waals surface area (Å²) >= 11 is 1.39. The summed E-state index contributed by atoms with van der Waals surface area (Å²) in [5.41, 5.74) is 1.37. The zero-order chi connectivity index (χ0) is 14.2. The van der Waals surface area contributed by atoms with Gasteiger partial charge in [-0.15, -0.1) is 0 Å². The second kappa shape index (κ2) is 4.82. The Morgan fingerprint density at radius 3 is 2.52 bits per heavy atom. The second-order valence-electron chi connectivity index (χ2n) is 4.76. The number of hydrogen-bond acceptors (Lipinski definition) is 3. The molecule has 4 rings (SSSR count). The van der Waals surface area contributed by atoms with Crippen LogP contribution in [0.1, 0.15) is 0 Å². The van der Waals surface area contributed by atoms with E-state index in [1.807, 2.05) is 54.6 Å². The molecule has 1 N–H and O–H groups in total. The van der Waals surface area contributed by atoms with E-state index in [9.17, 15) is 4.79 Å². The highest BCUT2D eigenvalue weighted by molar-refractivity contribution is 7.99. The van der Waals surface area contributed by atoms with E-state index >= 15 is 0 Å². The molecule has 2 heterocycles. The smallest absolute Gasteiger partial charge is 0.350 e. The Morgan fingerprint density at radius 2 is 1.67 bits per heavy atom. The number of fused-ring (bicyclic) bond motifs is 2. The van der Waals surface area contributed by atoms with Crippen LogP contribution in [0.4, 0.5) is 0 Å². The average molecular weight is 293 g/mol. The highest BCUT2D eigenvalue weighted by atomic mass is 32.2. The maximum atomic E-state index is 12.1. The number of benzene rings is 2. The highest BCUT2D eigenvalue weighted by Gasteiger charge is 2.08. The summed E-state index contributed by atoms with van der Waals surface area (Å²) < 4.78 is 5.35. The SMILES string of the molecule is O=c1oc2ccccc2cc1Sc1cc2ccccc2[nH]1. The maximum absolute atomic E-state index is 12.1. The lowest BCUT2D eigenvalue weighted by Gasteiger charge is -2.00. The van der Waals surface area contributed by atoms with Gasteiger partial charge in [0.2, 0.25) is 0 Å². The lowest BCUT2D eigenvalue weighted by Crippen LogP contribution is -2.01. The first-order valence-electron chi connectivity index (χ1n) is 6.58. The summed E-state index contributed by atoms with van der Waals surface area (Å²) in [4.78, 5) is 15.9. The lowest BCUT2D eigenvalue weighted by molar-refractivity contribution is 0.544. The molecule has 4 heteroatoms. The van der Waals surface area contributed by atoms with E-state index < -0.39 is 0 Å². The maximum Gasteiger partial charge on any atom is 0.350 e. The minimum atomic E-state index is -0.308. The molecule has 102 valence electrons. The fourth-order valence-corrected chi connectivity index (χ4v) is 3.23. The number of H-pyrrole nitrogens is 1. The van der Waals surface area contributed by atoms with E-state index in [2.05, 4.69) is 4.98 Å². The molecule has 21 heavy (non-hydrogen) atoms. The van der Waals surface area contributed by atoms with Crippen LogP contribution in [0.25, 0.3) is 21.9 Å². The van der Waals surface area contributed by atoms with Crippen molar-refractivity contribution in [2.75, 3.05) is 0 Å². The van der Waals surface area contributed by atoms with Crippen molar-refractivity contribution in [3.05, 3.63) is 71.1 Å². The van der Waals surface area contributed by atoms with Gasteiger partial charge in [-0.3, -0.25) is 0 Å². The minimum absolute atomic E-state index is 0.308. The Balaban J connectivity index is 1.79. The van der Waals surface area contributed by atoms with E-state index in [-0.39, 0.29) is 5.63 Å². The molecular weight excluding hydrogens is 282 g/mol. The normalized spacial score (nSPS) is 11.2. The summed E-state index contributed by atoms with van der Waals surface area (Å²) in [5.74, 6) is 0. The molecule has 3 nitrogen and oxygen atoms in total. The van der Waals surface area contributed by atoms with Crippen LogP contribution in [-0.2, 0) is 0 Å². The molecular formula is C17H11NO2S. The van der Waals surface area contributed by atoms with Gasteiger partial charge in [-0.25, -0.2) is 4.79 Å². The van der Waals surface area contributed by atoms with Crippen molar-refractivity contribution in [2.45, 2.75) is 9.92 Å². The zero-order valence-corrected chi connectivity index (χ0v) is 11.8. The van der Waals surface area contributed by atoms with Crippen molar-refractivity contribution in [1.29, 1.82) is 0 Å². The molecule has 2 aromatic carbocycles. The number of aromatic nitrogens is 1. The molecule has 0 atom stereocenters. The van der Waals surface area contributed by atoms with E-state index in [1.54, 1.807) is 6.07 Å². The first-order chi connectivity index (χ1) is 10.3. The van der Waals surface area contributed by atoms with Crippen LogP contribution in [0, 0.1) is 0 Å². The number of para-hydroxylation sites is 2. The predicted octanol–water partition coefficient (Wildman–Crippen LogP) is 4.43. The van der Waals surface area contributed by atoms with Crippen LogP contribution in [0.15, 0.2) is 79.8 Å². The third-order valence-electron chi connectivity index (χ3n) is 3.33. The van der Waals surface area contributed by atoms with E-state index in [0.717, 1.165) is 21.3 Å². The predicted molar refractivity (Wildman–Crippen MR) is 84.9 cm³/mol. The van der Waals surface area contributed by atoms with Crippen molar-refractivity contribution in [3.8, 4) is 0 Å². The summed E-state index contributed by atoms with van der Waals surface area (Å²) in [5, 5.41) is 2.99. The molecule has 0 fully saturated rings. The third-order valence-corrected chi connectivity index (χ3v) is 4.28. The van der Waals surface area contributed by atoms with Crippen molar-refractivity contribution < 1.29 is 4.42 Å². The van der Waals surface area contributed by atoms with E-state index in [0.29, 0.717) is 10.5 Å². The van der Waals surface area contributed by atoms with Gasteiger partial charge in [-0.2, -0.15) is 0 Å². The standard InChI is InChI=1S/C17H11NO2S/c19-17-15(9-12-6-2-4-8-14(12)20-17)21-16-10-11-5-1-3-7-13(11)18-16/h1-10,18H. The summed E-state index contributed by atoms with van der Waals surface area (Å²) in [6.07, 6.45) is 0. The van der Waals surface area contributed by atoms with Gasteiger partial charge in [0.25, 0.3) is 0 Å². The first kappa shape index (κ1) is 12.3. The molecule has 0 aliphatic rings. The van der Waals surface area contributed by atoms with Crippen molar-refractivity contribution in [3.63, 3.8) is 0 Å². The Labute approximate surface area is 124 Å². The minimum Gasteiger partial charge on any atom is -0.422 e. The molecule has 0 amide bonds. The van der Waals surface area contributed by atoms with Crippen molar-refractivity contribution >= 4 is 33.6 Å². The second-order valence-corrected chi connectivity index (χ2v) is 5.84. The number of nitrogens with one attached hydrogen (secondary N) is 1. The summed E-state index contributed by atoms with van der Waals surface area (Å²) in [6.45, 7) is 0. The highest BCUT2D eigenvalue weighted by Crippen LogP contribution is 2.29. The fourth-order valence-electron chi connectivity index (χ4n) is 2.33. The van der Waals surface area contributed by atoms with Crippen molar-refractivity contribution in [2.24, 2.45) is 0 Å². The molecule has 0 aliphatic heterocycles. The first-order valence-corrected chi connectivity index (χ1v) is 7.40. The average Bonchev–Trinajstić information content (AvgIpc) is 2.90. The monoisotopic (exact) mass is 293 g/mol. The molecule has 4 aromatic rings. The molecule has 0 saturated carbocycles. The van der Waals surface area contributed by atoms with Gasteiger partial charge in [-0.05, 0) is 24.3 Å². The fraction of sp³-hybridized carbons (Fsp3) is 0. The molecule has 0 aliphatic carbocycles. The molecule has 0 radical (unpaired) electrons. The molecule has 0 bridgehead atoms. The number of aromatic amines is 1. The summed E-state index contributed by atoms with van der Waals surface area (Å²) in [7, 11) is 0. The lowest BCUT2D eigenvalue weighted by atomic mass is 10.2. The van der Waals surface area contributed by atoms with Gasteiger partial charge in [0, 0.05) is 16.3 Å². The van der Waals surface area contributed by atoms with Crippen LogP contribution < -0.4 is 5.63 Å². The van der Waals surface area contributed by atoms with Gasteiger partial charge in [0.05, 0.1) is 9.92 Å². The molecule has 0 spiro atoms. The van der Waals surface area contributed by atoms with Gasteiger partial charge in [0.15, 0.2) is 0 Å². The Hall–Kier alpha value is -2.46. The Morgan fingerprint density at radius 1 is 0.905 bits per heavy atom. The summed E-state index contributed by atoms with van der Waals surface area (Å²) in [6, 6.07) is 19.5. The Bertz CT molecular complexity index is 967.